The van der Waals surface area contributed by atoms with Gasteiger partial charge in [0.2, 0.25) is 0 Å². The number of halogens is 1. The third-order valence-electron chi connectivity index (χ3n) is 3.30. The van der Waals surface area contributed by atoms with Crippen LogP contribution < -0.4 is 14.8 Å². The Morgan fingerprint density at radius 1 is 1.14 bits per heavy atom. The monoisotopic (exact) mass is 325 g/mol. The van der Waals surface area contributed by atoms with Crippen LogP contribution in [0.25, 0.3) is 0 Å². The molecule has 2 rings (SSSR count). The Hall–Kier alpha value is -1.39. The van der Waals surface area contributed by atoms with Crippen molar-refractivity contribution in [2.24, 2.45) is 5.92 Å². The number of thiophene rings is 1. The molecular weight excluding hydrogens is 306 g/mol. The summed E-state index contributed by atoms with van der Waals surface area (Å²) in [5.41, 5.74) is 0.880. The van der Waals surface area contributed by atoms with E-state index in [0.717, 1.165) is 5.69 Å². The first-order chi connectivity index (χ1) is 10.1. The highest BCUT2D eigenvalue weighted by atomic mass is 35.5. The molecule has 0 fully saturated rings. The highest BCUT2D eigenvalue weighted by Gasteiger charge is 2.19. The normalized spacial score (nSPS) is 12.3. The van der Waals surface area contributed by atoms with E-state index in [0.29, 0.717) is 22.4 Å². The van der Waals surface area contributed by atoms with E-state index in [9.17, 15) is 0 Å². The lowest BCUT2D eigenvalue weighted by molar-refractivity contribution is 0.403. The van der Waals surface area contributed by atoms with Crippen LogP contribution in [0.5, 0.6) is 11.5 Å². The Labute approximate surface area is 134 Å². The Morgan fingerprint density at radius 2 is 1.86 bits per heavy atom. The lowest BCUT2D eigenvalue weighted by atomic mass is 10.0. The van der Waals surface area contributed by atoms with Crippen LogP contribution in [-0.2, 0) is 0 Å². The van der Waals surface area contributed by atoms with Crippen LogP contribution in [0.2, 0.25) is 5.02 Å². The summed E-state index contributed by atoms with van der Waals surface area (Å²) in [4.78, 5) is 1.29. The van der Waals surface area contributed by atoms with E-state index in [-0.39, 0.29) is 6.04 Å². The summed E-state index contributed by atoms with van der Waals surface area (Å²) in [6.07, 6.45) is 0. The number of anilines is 1. The molecule has 1 aromatic heterocycles. The van der Waals surface area contributed by atoms with Gasteiger partial charge in [-0.25, -0.2) is 0 Å². The molecular formula is C16H20ClNO2S. The van der Waals surface area contributed by atoms with E-state index in [4.69, 9.17) is 21.1 Å². The van der Waals surface area contributed by atoms with Crippen molar-refractivity contribution in [3.63, 3.8) is 0 Å². The van der Waals surface area contributed by atoms with Crippen molar-refractivity contribution in [3.05, 3.63) is 39.5 Å². The van der Waals surface area contributed by atoms with Gasteiger partial charge in [0.15, 0.2) is 0 Å². The average molecular weight is 326 g/mol. The standard InChI is InChI=1S/C16H20ClNO2S/c1-10(2)16(15-6-5-7-21-15)18-12-9-13(19-3)11(17)8-14(12)20-4/h5-10,16,18H,1-4H3. The van der Waals surface area contributed by atoms with Gasteiger partial charge in [0.25, 0.3) is 0 Å². The molecule has 2 aromatic rings. The molecule has 1 N–H and O–H groups in total. The van der Waals surface area contributed by atoms with E-state index in [1.165, 1.54) is 4.88 Å². The van der Waals surface area contributed by atoms with E-state index in [1.807, 2.05) is 6.07 Å². The molecule has 0 spiro atoms. The smallest absolute Gasteiger partial charge is 0.143 e. The van der Waals surface area contributed by atoms with Gasteiger partial charge in [-0.3, -0.25) is 0 Å². The molecule has 5 heteroatoms. The van der Waals surface area contributed by atoms with Crippen LogP contribution in [0, 0.1) is 5.92 Å². The van der Waals surface area contributed by atoms with Crippen molar-refractivity contribution in [1.29, 1.82) is 0 Å². The molecule has 0 aliphatic rings. The van der Waals surface area contributed by atoms with Crippen LogP contribution in [0.1, 0.15) is 24.8 Å². The minimum absolute atomic E-state index is 0.213. The van der Waals surface area contributed by atoms with Crippen LogP contribution in [0.15, 0.2) is 29.6 Å². The van der Waals surface area contributed by atoms with Gasteiger partial charge < -0.3 is 14.8 Å². The predicted octanol–water partition coefficient (Wildman–Crippen LogP) is 5.23. The highest BCUT2D eigenvalue weighted by Crippen LogP contribution is 2.39. The number of hydrogen-bond acceptors (Lipinski definition) is 4. The summed E-state index contributed by atoms with van der Waals surface area (Å²) in [6.45, 7) is 4.38. The molecule has 0 saturated carbocycles. The molecule has 0 saturated heterocycles. The Kier molecular flexibility index (Phi) is 5.37. The van der Waals surface area contributed by atoms with E-state index >= 15 is 0 Å². The largest absolute Gasteiger partial charge is 0.495 e. The number of rotatable bonds is 6. The number of methoxy groups -OCH3 is 2. The maximum atomic E-state index is 6.15. The van der Waals surface area contributed by atoms with Gasteiger partial charge in [-0.05, 0) is 17.4 Å². The Balaban J connectivity index is 2.36. The molecule has 3 nitrogen and oxygen atoms in total. The van der Waals surface area contributed by atoms with E-state index in [1.54, 1.807) is 31.6 Å². The molecule has 1 unspecified atom stereocenters. The number of nitrogens with one attached hydrogen (secondary N) is 1. The van der Waals surface area contributed by atoms with Gasteiger partial charge in [0.1, 0.15) is 11.5 Å². The van der Waals surface area contributed by atoms with Gasteiger partial charge in [0, 0.05) is 17.0 Å². The first kappa shape index (κ1) is 16.0. The molecule has 1 atom stereocenters. The second-order valence-electron chi connectivity index (χ2n) is 5.07. The first-order valence-electron chi connectivity index (χ1n) is 6.78. The Bertz CT molecular complexity index is 584. The number of ether oxygens (including phenoxy) is 2. The lowest BCUT2D eigenvalue weighted by Crippen LogP contribution is -2.16. The minimum Gasteiger partial charge on any atom is -0.495 e. The first-order valence-corrected chi connectivity index (χ1v) is 8.04. The quantitative estimate of drug-likeness (QED) is 0.789. The maximum absolute atomic E-state index is 6.15. The third-order valence-corrected chi connectivity index (χ3v) is 4.55. The van der Waals surface area contributed by atoms with Gasteiger partial charge in [-0.1, -0.05) is 31.5 Å². The fourth-order valence-corrected chi connectivity index (χ4v) is 3.36. The molecule has 0 bridgehead atoms. The topological polar surface area (TPSA) is 30.5 Å². The molecule has 1 aromatic carbocycles. The SMILES string of the molecule is COc1cc(NC(c2cccs2)C(C)C)c(OC)cc1Cl. The average Bonchev–Trinajstić information content (AvgIpc) is 2.98. The number of benzene rings is 1. The summed E-state index contributed by atoms with van der Waals surface area (Å²) < 4.78 is 10.7. The lowest BCUT2D eigenvalue weighted by Gasteiger charge is -2.24. The zero-order chi connectivity index (χ0) is 15.4. The minimum atomic E-state index is 0.213. The van der Waals surface area contributed by atoms with Crippen molar-refractivity contribution in [2.75, 3.05) is 19.5 Å². The fraction of sp³-hybridized carbons (Fsp3) is 0.375. The molecule has 21 heavy (non-hydrogen) atoms. The van der Waals surface area contributed by atoms with Crippen molar-refractivity contribution in [2.45, 2.75) is 19.9 Å². The van der Waals surface area contributed by atoms with Crippen molar-refractivity contribution >= 4 is 28.6 Å². The van der Waals surface area contributed by atoms with Crippen LogP contribution >= 0.6 is 22.9 Å². The number of hydrogen-bond donors (Lipinski definition) is 1. The van der Waals surface area contributed by atoms with E-state index < -0.39 is 0 Å². The second-order valence-corrected chi connectivity index (χ2v) is 6.45. The molecule has 0 aliphatic carbocycles. The van der Waals surface area contributed by atoms with Crippen molar-refractivity contribution in [3.8, 4) is 11.5 Å². The van der Waals surface area contributed by atoms with Crippen LogP contribution in [0.3, 0.4) is 0 Å². The summed E-state index contributed by atoms with van der Waals surface area (Å²) in [5, 5.41) is 6.18. The summed E-state index contributed by atoms with van der Waals surface area (Å²) in [5.74, 6) is 1.78. The molecule has 0 amide bonds. The van der Waals surface area contributed by atoms with Crippen LogP contribution in [-0.4, -0.2) is 14.2 Å². The zero-order valence-corrected chi connectivity index (χ0v) is 14.2. The van der Waals surface area contributed by atoms with Crippen molar-refractivity contribution < 1.29 is 9.47 Å². The fourth-order valence-electron chi connectivity index (χ4n) is 2.18. The third kappa shape index (κ3) is 3.63. The molecule has 1 heterocycles. The van der Waals surface area contributed by atoms with Gasteiger partial charge in [-0.15, -0.1) is 11.3 Å². The zero-order valence-electron chi connectivity index (χ0n) is 12.6. The van der Waals surface area contributed by atoms with Crippen molar-refractivity contribution in [1.82, 2.24) is 0 Å². The predicted molar refractivity (Wildman–Crippen MR) is 90.1 cm³/mol. The molecule has 0 radical (unpaired) electrons. The summed E-state index contributed by atoms with van der Waals surface area (Å²) >= 11 is 7.89. The van der Waals surface area contributed by atoms with E-state index in [2.05, 4.69) is 36.7 Å². The summed E-state index contributed by atoms with van der Waals surface area (Å²) in [7, 11) is 3.25. The maximum Gasteiger partial charge on any atom is 0.143 e. The van der Waals surface area contributed by atoms with Gasteiger partial charge >= 0.3 is 0 Å². The molecule has 0 aliphatic heterocycles. The second kappa shape index (κ2) is 7.05. The Morgan fingerprint density at radius 3 is 2.38 bits per heavy atom. The summed E-state index contributed by atoms with van der Waals surface area (Å²) in [6, 6.07) is 8.07. The highest BCUT2D eigenvalue weighted by molar-refractivity contribution is 7.10. The van der Waals surface area contributed by atoms with Gasteiger partial charge in [0.05, 0.1) is 31.0 Å². The molecule has 114 valence electrons. The van der Waals surface area contributed by atoms with Crippen LogP contribution in [0.4, 0.5) is 5.69 Å². The van der Waals surface area contributed by atoms with Gasteiger partial charge in [-0.2, -0.15) is 0 Å².